The molecule has 2 rings (SSSR count). The van der Waals surface area contributed by atoms with Gasteiger partial charge in [0.1, 0.15) is 8.07 Å². The Balaban J connectivity index is 2.27. The lowest BCUT2D eigenvalue weighted by molar-refractivity contribution is 0.228. The second-order valence-corrected chi connectivity index (χ2v) is 19.6. The summed E-state index contributed by atoms with van der Waals surface area (Å²) in [7, 11) is -3.76. The van der Waals surface area contributed by atoms with Gasteiger partial charge in [0.05, 0.1) is 6.10 Å². The maximum Gasteiger partial charge on any atom is 0.261 e. The van der Waals surface area contributed by atoms with Crippen molar-refractivity contribution < 1.29 is 4.43 Å². The number of hydrogen-bond acceptors (Lipinski definition) is 1. The molecule has 2 aromatic rings. The molecule has 32 heavy (non-hydrogen) atoms. The van der Waals surface area contributed by atoms with E-state index in [0.717, 1.165) is 25.7 Å². The molecule has 0 amide bonds. The third-order valence-corrected chi connectivity index (χ3v) is 11.6. The Kier molecular flexibility index (Phi) is 9.76. The standard InChI is InChI=1S/C29H42OSi2/c1-8-26(20-14-10-9-11-19-25-31(5,6)7)30-32(29(2,3)4,27-21-15-12-16-22-27)28-23-17-13-18-24-28/h12-18,20-24,26H,8-11H2,1-7H3/b20-14+/t26-/m0/s1. The first kappa shape index (κ1) is 26.4. The lowest BCUT2D eigenvalue weighted by Crippen LogP contribution is -2.67. The van der Waals surface area contributed by atoms with Crippen LogP contribution in [0.15, 0.2) is 72.8 Å². The van der Waals surface area contributed by atoms with E-state index in [4.69, 9.17) is 4.43 Å². The fourth-order valence-corrected chi connectivity index (χ4v) is 9.43. The number of hydrogen-bond donors (Lipinski definition) is 0. The van der Waals surface area contributed by atoms with E-state index < -0.39 is 16.4 Å². The van der Waals surface area contributed by atoms with Gasteiger partial charge < -0.3 is 4.43 Å². The van der Waals surface area contributed by atoms with Crippen LogP contribution in [-0.2, 0) is 4.43 Å². The average molecular weight is 463 g/mol. The summed E-state index contributed by atoms with van der Waals surface area (Å²) < 4.78 is 7.23. The number of allylic oxidation sites excluding steroid dienone is 1. The maximum atomic E-state index is 7.23. The van der Waals surface area contributed by atoms with Crippen LogP contribution in [0.4, 0.5) is 0 Å². The van der Waals surface area contributed by atoms with Gasteiger partial charge in [-0.3, -0.25) is 0 Å². The fourth-order valence-electron chi connectivity index (χ4n) is 4.06. The molecule has 0 bridgehead atoms. The monoisotopic (exact) mass is 462 g/mol. The molecule has 0 aromatic heterocycles. The molecule has 0 spiro atoms. The van der Waals surface area contributed by atoms with Gasteiger partial charge in [-0.25, -0.2) is 0 Å². The first-order chi connectivity index (χ1) is 15.1. The highest BCUT2D eigenvalue weighted by Crippen LogP contribution is 2.38. The summed E-state index contributed by atoms with van der Waals surface area (Å²) in [6, 6.07) is 21.8. The van der Waals surface area contributed by atoms with Crippen molar-refractivity contribution in [3.05, 3.63) is 72.8 Å². The van der Waals surface area contributed by atoms with E-state index in [0.29, 0.717) is 0 Å². The lowest BCUT2D eigenvalue weighted by atomic mass is 10.2. The summed E-state index contributed by atoms with van der Waals surface area (Å²) in [5.41, 5.74) is 3.46. The second kappa shape index (κ2) is 11.8. The molecule has 1 atom stereocenters. The molecule has 0 saturated heterocycles. The van der Waals surface area contributed by atoms with Crippen LogP contribution in [0, 0.1) is 11.5 Å². The van der Waals surface area contributed by atoms with Gasteiger partial charge >= 0.3 is 0 Å². The predicted octanol–water partition coefficient (Wildman–Crippen LogP) is 6.95. The third kappa shape index (κ3) is 7.34. The summed E-state index contributed by atoms with van der Waals surface area (Å²) in [5, 5.41) is 2.68. The van der Waals surface area contributed by atoms with Crippen LogP contribution in [-0.4, -0.2) is 22.5 Å². The molecule has 0 radical (unpaired) electrons. The van der Waals surface area contributed by atoms with Gasteiger partial charge in [0.2, 0.25) is 0 Å². The smallest absolute Gasteiger partial charge is 0.261 e. The largest absolute Gasteiger partial charge is 0.401 e. The van der Waals surface area contributed by atoms with Gasteiger partial charge in [0.25, 0.3) is 8.32 Å². The summed E-state index contributed by atoms with van der Waals surface area (Å²) >= 11 is 0. The lowest BCUT2D eigenvalue weighted by Gasteiger charge is -2.44. The average Bonchev–Trinajstić information content (AvgIpc) is 2.75. The third-order valence-electron chi connectivity index (χ3n) is 5.63. The molecular formula is C29H42OSi2. The summed E-state index contributed by atoms with van der Waals surface area (Å²) in [4.78, 5) is 0. The van der Waals surface area contributed by atoms with Crippen molar-refractivity contribution in [2.45, 2.75) is 84.2 Å². The van der Waals surface area contributed by atoms with Crippen LogP contribution in [0.5, 0.6) is 0 Å². The molecule has 2 aromatic carbocycles. The van der Waals surface area contributed by atoms with Crippen molar-refractivity contribution in [1.29, 1.82) is 0 Å². The van der Waals surface area contributed by atoms with Gasteiger partial charge in [0.15, 0.2) is 0 Å². The first-order valence-electron chi connectivity index (χ1n) is 12.1. The summed E-state index contributed by atoms with van der Waals surface area (Å²) in [6.45, 7) is 16.1. The molecule has 3 heteroatoms. The zero-order valence-corrected chi connectivity index (χ0v) is 23.2. The zero-order valence-electron chi connectivity index (χ0n) is 21.2. The highest BCUT2D eigenvalue weighted by molar-refractivity contribution is 6.99. The van der Waals surface area contributed by atoms with Crippen molar-refractivity contribution in [3.63, 3.8) is 0 Å². The second-order valence-electron chi connectivity index (χ2n) is 10.6. The van der Waals surface area contributed by atoms with Gasteiger partial charge in [-0.2, -0.15) is 0 Å². The van der Waals surface area contributed by atoms with Crippen molar-refractivity contribution in [3.8, 4) is 11.5 Å². The van der Waals surface area contributed by atoms with Crippen LogP contribution in [0.2, 0.25) is 24.7 Å². The minimum absolute atomic E-state index is 0.00337. The summed E-state index contributed by atoms with van der Waals surface area (Å²) in [5.74, 6) is 3.38. The fraction of sp³-hybridized carbons (Fsp3) is 0.448. The molecule has 0 fully saturated rings. The van der Waals surface area contributed by atoms with Crippen molar-refractivity contribution in [1.82, 2.24) is 0 Å². The Morgan fingerprint density at radius 1 is 0.906 bits per heavy atom. The van der Waals surface area contributed by atoms with E-state index in [9.17, 15) is 0 Å². The molecule has 0 aliphatic rings. The Hall–Kier alpha value is -1.87. The minimum Gasteiger partial charge on any atom is -0.401 e. The van der Waals surface area contributed by atoms with E-state index >= 15 is 0 Å². The van der Waals surface area contributed by atoms with Crippen molar-refractivity contribution in [2.24, 2.45) is 0 Å². The van der Waals surface area contributed by atoms with Crippen molar-refractivity contribution in [2.75, 3.05) is 0 Å². The van der Waals surface area contributed by atoms with Gasteiger partial charge in [0, 0.05) is 6.42 Å². The first-order valence-corrected chi connectivity index (χ1v) is 17.5. The van der Waals surface area contributed by atoms with E-state index in [-0.39, 0.29) is 11.1 Å². The van der Waals surface area contributed by atoms with Crippen LogP contribution >= 0.6 is 0 Å². The van der Waals surface area contributed by atoms with Crippen LogP contribution < -0.4 is 10.4 Å². The van der Waals surface area contributed by atoms with Crippen LogP contribution in [0.25, 0.3) is 0 Å². The molecule has 1 nitrogen and oxygen atoms in total. The van der Waals surface area contributed by atoms with E-state index in [1.54, 1.807) is 0 Å². The maximum absolute atomic E-state index is 7.23. The molecule has 0 saturated carbocycles. The molecular weight excluding hydrogens is 420 g/mol. The SMILES string of the molecule is CC[C@@H](/C=C/CCCC#C[Si](C)(C)C)O[Si](c1ccccc1)(c1ccccc1)C(C)(C)C. The van der Waals surface area contributed by atoms with E-state index in [1.807, 2.05) is 0 Å². The van der Waals surface area contributed by atoms with E-state index in [2.05, 4.69) is 132 Å². The number of unbranched alkanes of at least 4 members (excludes halogenated alkanes) is 2. The van der Waals surface area contributed by atoms with Crippen molar-refractivity contribution >= 4 is 26.8 Å². The zero-order chi connectivity index (χ0) is 23.7. The number of benzene rings is 2. The van der Waals surface area contributed by atoms with E-state index in [1.165, 1.54) is 10.4 Å². The van der Waals surface area contributed by atoms with Gasteiger partial charge in [-0.05, 0) is 34.7 Å². The highest BCUT2D eigenvalue weighted by atomic mass is 28.4. The minimum atomic E-state index is -2.50. The van der Waals surface area contributed by atoms with Crippen LogP contribution in [0.1, 0.15) is 53.4 Å². The Labute approximate surface area is 199 Å². The molecule has 0 unspecified atom stereocenters. The predicted molar refractivity (Wildman–Crippen MR) is 147 cm³/mol. The normalized spacial score (nSPS) is 13.6. The van der Waals surface area contributed by atoms with Gasteiger partial charge in [-0.15, -0.1) is 11.5 Å². The highest BCUT2D eigenvalue weighted by Gasteiger charge is 2.51. The molecule has 172 valence electrons. The quantitative estimate of drug-likeness (QED) is 0.170. The van der Waals surface area contributed by atoms with Crippen LogP contribution in [0.3, 0.4) is 0 Å². The molecule has 0 aliphatic heterocycles. The molecule has 0 aliphatic carbocycles. The van der Waals surface area contributed by atoms with Gasteiger partial charge in [-0.1, -0.05) is 120 Å². The molecule has 0 N–H and O–H groups in total. The topological polar surface area (TPSA) is 9.23 Å². The Morgan fingerprint density at radius 2 is 1.44 bits per heavy atom. The number of rotatable bonds is 9. The Bertz CT molecular complexity index is 854. The Morgan fingerprint density at radius 3 is 1.88 bits per heavy atom. The molecule has 0 heterocycles. The summed E-state index contributed by atoms with van der Waals surface area (Å²) in [6.07, 6.45) is 8.84.